The monoisotopic (exact) mass is 270 g/mol. The van der Waals surface area contributed by atoms with Gasteiger partial charge in [-0.15, -0.1) is 0 Å². The Balaban J connectivity index is 0.00000225. The Morgan fingerprint density at radius 2 is 1.94 bits per heavy atom. The molecule has 0 saturated carbocycles. The van der Waals surface area contributed by atoms with Crippen LogP contribution in [0.2, 0.25) is 0 Å². The van der Waals surface area contributed by atoms with Crippen LogP contribution < -0.4 is 61.6 Å². The molecule has 0 aromatic heterocycles. The van der Waals surface area contributed by atoms with Crippen LogP contribution in [-0.2, 0) is 9.09 Å². The van der Waals surface area contributed by atoms with Crippen molar-refractivity contribution in [1.82, 2.24) is 0 Å². The molecule has 0 aliphatic carbocycles. The Kier molecular flexibility index (Phi) is 8.57. The molecule has 2 atom stereocenters. The van der Waals surface area contributed by atoms with Gasteiger partial charge in [0.1, 0.15) is 6.10 Å². The van der Waals surface area contributed by atoms with Crippen LogP contribution in [0.3, 0.4) is 0 Å². The Hall–Kier alpha value is 0.926. The second-order valence-corrected chi connectivity index (χ2v) is 4.73. The van der Waals surface area contributed by atoms with Gasteiger partial charge in [0, 0.05) is 5.30 Å². The van der Waals surface area contributed by atoms with Gasteiger partial charge in [0.2, 0.25) is 0 Å². The first-order chi connectivity index (χ1) is 7.06. The summed E-state index contributed by atoms with van der Waals surface area (Å²) in [7, 11) is -4.13. The van der Waals surface area contributed by atoms with Crippen molar-refractivity contribution < 1.29 is 75.6 Å². The summed E-state index contributed by atoms with van der Waals surface area (Å²) in [4.78, 5) is 11.5. The molecule has 2 unspecified atom stereocenters. The Labute approximate surface area is 136 Å². The summed E-state index contributed by atoms with van der Waals surface area (Å²) in [6, 6.07) is 7.64. The molecule has 0 aliphatic rings. The van der Waals surface area contributed by atoms with Crippen LogP contribution in [-0.4, -0.2) is 29.5 Å². The van der Waals surface area contributed by atoms with Gasteiger partial charge in [-0.3, -0.25) is 0 Å². The molecule has 0 spiro atoms. The van der Waals surface area contributed by atoms with Crippen molar-refractivity contribution in [3.8, 4) is 0 Å². The molecule has 1 aromatic rings. The Bertz CT molecular complexity index is 345. The molecule has 0 fully saturated rings. The van der Waals surface area contributed by atoms with E-state index in [4.69, 9.17) is 10.2 Å². The van der Waals surface area contributed by atoms with Gasteiger partial charge >= 0.3 is 51.4 Å². The van der Waals surface area contributed by atoms with Crippen LogP contribution in [0.5, 0.6) is 0 Å². The molecule has 16 heavy (non-hydrogen) atoms. The molecule has 2 N–H and O–H groups in total. The van der Waals surface area contributed by atoms with Crippen molar-refractivity contribution in [2.45, 2.75) is 6.10 Å². The first-order valence-electron chi connectivity index (χ1n) is 4.36. The van der Waals surface area contributed by atoms with E-state index in [0.717, 1.165) is 0 Å². The summed E-state index contributed by atoms with van der Waals surface area (Å²) in [6.45, 7) is -0.971. The quantitative estimate of drug-likeness (QED) is 0.424. The van der Waals surface area contributed by atoms with Crippen molar-refractivity contribution in [2.24, 2.45) is 0 Å². The third kappa shape index (κ3) is 5.51. The van der Waals surface area contributed by atoms with Gasteiger partial charge in [-0.25, -0.2) is 0 Å². The second-order valence-electron chi connectivity index (χ2n) is 2.97. The zero-order chi connectivity index (χ0) is 11.3. The average Bonchev–Trinajstić information content (AvgIpc) is 2.27. The van der Waals surface area contributed by atoms with E-state index >= 15 is 0 Å². The third-order valence-corrected chi connectivity index (χ3v) is 3.14. The molecule has 0 bridgehead atoms. The van der Waals surface area contributed by atoms with E-state index in [-0.39, 0.29) is 56.7 Å². The number of benzene rings is 1. The summed E-state index contributed by atoms with van der Waals surface area (Å²) in [6.07, 6.45) is -1.18. The number of aliphatic hydroxyl groups excluding tert-OH is 2. The smallest absolute Gasteiger partial charge is 0.775 e. The first-order valence-corrected chi connectivity index (χ1v) is 5.90. The standard InChI is InChI=1S/C9H13O5P.K/c10-6-8(11)7-14-15(12,13)9-4-2-1-3-5-9;/h1-5,8,10-11H,6-7H2,(H,12,13);/q;+1/p-1. The maximum atomic E-state index is 11.5. The summed E-state index contributed by atoms with van der Waals surface area (Å²) in [5, 5.41) is 17.5. The molecule has 84 valence electrons. The summed E-state index contributed by atoms with van der Waals surface area (Å²) >= 11 is 0. The zero-order valence-corrected chi connectivity index (χ0v) is 13.0. The van der Waals surface area contributed by atoms with Gasteiger partial charge in [0.25, 0.3) is 0 Å². The van der Waals surface area contributed by atoms with Crippen LogP contribution in [0.15, 0.2) is 30.3 Å². The predicted molar refractivity (Wildman–Crippen MR) is 52.7 cm³/mol. The minimum Gasteiger partial charge on any atom is -0.775 e. The fourth-order valence-corrected chi connectivity index (χ4v) is 1.98. The minimum absolute atomic E-state index is 0. The number of hydrogen-bond acceptors (Lipinski definition) is 5. The molecule has 0 heterocycles. The maximum Gasteiger partial charge on any atom is 1.00 e. The van der Waals surface area contributed by atoms with Gasteiger partial charge in [-0.2, -0.15) is 0 Å². The Morgan fingerprint density at radius 3 is 2.44 bits per heavy atom. The van der Waals surface area contributed by atoms with Crippen LogP contribution >= 0.6 is 7.60 Å². The molecular weight excluding hydrogens is 258 g/mol. The predicted octanol–water partition coefficient (Wildman–Crippen LogP) is -3.76. The number of rotatable bonds is 5. The van der Waals surface area contributed by atoms with Crippen molar-refractivity contribution in [1.29, 1.82) is 0 Å². The fraction of sp³-hybridized carbons (Fsp3) is 0.333. The topological polar surface area (TPSA) is 89.8 Å². The molecule has 0 aliphatic heterocycles. The molecule has 5 nitrogen and oxygen atoms in total. The minimum atomic E-state index is -4.13. The van der Waals surface area contributed by atoms with E-state index < -0.39 is 26.9 Å². The maximum absolute atomic E-state index is 11.5. The molecular formula is C9H12KO5P. The molecule has 0 amide bonds. The van der Waals surface area contributed by atoms with Crippen molar-refractivity contribution in [3.63, 3.8) is 0 Å². The van der Waals surface area contributed by atoms with E-state index in [1.165, 1.54) is 12.1 Å². The van der Waals surface area contributed by atoms with E-state index in [1.807, 2.05) is 0 Å². The Morgan fingerprint density at radius 1 is 1.38 bits per heavy atom. The van der Waals surface area contributed by atoms with Crippen molar-refractivity contribution in [3.05, 3.63) is 30.3 Å². The van der Waals surface area contributed by atoms with Gasteiger partial charge in [-0.05, 0) is 0 Å². The number of aliphatic hydroxyl groups is 2. The SMILES string of the molecule is O=P([O-])(OCC(O)CO)c1ccccc1.[K+]. The van der Waals surface area contributed by atoms with E-state index in [2.05, 4.69) is 4.52 Å². The molecule has 1 aromatic carbocycles. The average molecular weight is 270 g/mol. The van der Waals surface area contributed by atoms with E-state index in [9.17, 15) is 9.46 Å². The van der Waals surface area contributed by atoms with Crippen LogP contribution in [0.4, 0.5) is 0 Å². The van der Waals surface area contributed by atoms with E-state index in [1.54, 1.807) is 18.2 Å². The normalized spacial score (nSPS) is 15.9. The summed E-state index contributed by atoms with van der Waals surface area (Å²) in [5.74, 6) is 0. The largest absolute Gasteiger partial charge is 1.00 e. The zero-order valence-electron chi connectivity index (χ0n) is 8.94. The molecule has 0 radical (unpaired) electrons. The molecule has 0 saturated heterocycles. The van der Waals surface area contributed by atoms with Crippen molar-refractivity contribution in [2.75, 3.05) is 13.2 Å². The van der Waals surface area contributed by atoms with Gasteiger partial charge in [0.05, 0.1) is 13.2 Å². The van der Waals surface area contributed by atoms with Crippen molar-refractivity contribution >= 4 is 12.9 Å². The van der Waals surface area contributed by atoms with Gasteiger partial charge in [0.15, 0.2) is 7.60 Å². The van der Waals surface area contributed by atoms with Crippen LogP contribution in [0.1, 0.15) is 0 Å². The second kappa shape index (κ2) is 8.10. The van der Waals surface area contributed by atoms with Gasteiger partial charge in [-0.1, -0.05) is 30.3 Å². The summed E-state index contributed by atoms with van der Waals surface area (Å²) in [5.41, 5.74) is 0. The molecule has 7 heteroatoms. The molecule has 1 rings (SSSR count). The van der Waals surface area contributed by atoms with E-state index in [0.29, 0.717) is 0 Å². The van der Waals surface area contributed by atoms with Crippen LogP contribution in [0, 0.1) is 0 Å². The van der Waals surface area contributed by atoms with Crippen LogP contribution in [0.25, 0.3) is 0 Å². The number of hydrogen-bond donors (Lipinski definition) is 2. The third-order valence-electron chi connectivity index (χ3n) is 1.72. The fourth-order valence-electron chi connectivity index (χ4n) is 0.922. The summed E-state index contributed by atoms with van der Waals surface area (Å²) < 4.78 is 16.0. The van der Waals surface area contributed by atoms with Gasteiger partial charge < -0.3 is 24.2 Å². The first kappa shape index (κ1) is 16.9.